The molecule has 1 aromatic heterocycles. The molecule has 0 unspecified atom stereocenters. The van der Waals surface area contributed by atoms with Crippen molar-refractivity contribution in [3.63, 3.8) is 0 Å². The van der Waals surface area contributed by atoms with Crippen LogP contribution in [0.4, 0.5) is 0 Å². The van der Waals surface area contributed by atoms with Gasteiger partial charge in [-0.2, -0.15) is 0 Å². The molecule has 0 aliphatic rings. The zero-order valence-electron chi connectivity index (χ0n) is 9.69. The molecule has 1 N–H and O–H groups in total. The van der Waals surface area contributed by atoms with E-state index >= 15 is 0 Å². The highest BCUT2D eigenvalue weighted by Gasteiger charge is 2.26. The van der Waals surface area contributed by atoms with Gasteiger partial charge in [-0.3, -0.25) is 9.78 Å². The number of aromatic nitrogens is 3. The fourth-order valence-corrected chi connectivity index (χ4v) is 1.81. The first-order valence-electron chi connectivity index (χ1n) is 5.21. The van der Waals surface area contributed by atoms with E-state index in [0.717, 1.165) is 5.82 Å². The minimum Gasteiger partial charge on any atom is -0.283 e. The molecule has 0 amide bonds. The van der Waals surface area contributed by atoms with Gasteiger partial charge in [0.15, 0.2) is 0 Å². The lowest BCUT2D eigenvalue weighted by Crippen LogP contribution is -2.21. The molecule has 0 atom stereocenters. The number of rotatable bonds is 2. The molecule has 0 aliphatic heterocycles. The summed E-state index contributed by atoms with van der Waals surface area (Å²) in [4.78, 5) is 4.38. The molecule has 3 nitrogen and oxygen atoms in total. The van der Waals surface area contributed by atoms with Crippen molar-refractivity contribution in [2.24, 2.45) is 7.05 Å². The van der Waals surface area contributed by atoms with Gasteiger partial charge >= 0.3 is 0 Å². The van der Waals surface area contributed by atoms with E-state index in [9.17, 15) is 0 Å². The Morgan fingerprint density at radius 3 is 2.38 bits per heavy atom. The van der Waals surface area contributed by atoms with Crippen LogP contribution in [-0.2, 0) is 12.5 Å². The van der Waals surface area contributed by atoms with E-state index in [-0.39, 0.29) is 5.41 Å². The minimum atomic E-state index is -0.157. The van der Waals surface area contributed by atoms with Crippen LogP contribution in [0.2, 0.25) is 0 Å². The van der Waals surface area contributed by atoms with Crippen LogP contribution in [0.15, 0.2) is 30.3 Å². The maximum absolute atomic E-state index is 5.11. The van der Waals surface area contributed by atoms with Gasteiger partial charge in [-0.1, -0.05) is 30.3 Å². The van der Waals surface area contributed by atoms with Gasteiger partial charge in [0.25, 0.3) is 0 Å². The summed E-state index contributed by atoms with van der Waals surface area (Å²) in [5, 5.41) is 3.18. The molecule has 0 saturated carbocycles. The normalized spacial score (nSPS) is 11.7. The van der Waals surface area contributed by atoms with Crippen LogP contribution in [-0.4, -0.2) is 14.8 Å². The number of aryl methyl sites for hydroxylation is 1. The fourth-order valence-electron chi connectivity index (χ4n) is 1.67. The third-order valence-corrected chi connectivity index (χ3v) is 3.22. The molecule has 2 aromatic rings. The summed E-state index contributed by atoms with van der Waals surface area (Å²) < 4.78 is 2.34. The Morgan fingerprint density at radius 1 is 1.25 bits per heavy atom. The second-order valence-electron chi connectivity index (χ2n) is 4.40. The van der Waals surface area contributed by atoms with Gasteiger partial charge in [-0.15, -0.1) is 0 Å². The molecule has 0 radical (unpaired) electrons. The molecule has 84 valence electrons. The zero-order chi connectivity index (χ0) is 11.8. The molecule has 0 aliphatic carbocycles. The second-order valence-corrected chi connectivity index (χ2v) is 4.77. The Bertz CT molecular complexity index is 537. The topological polar surface area (TPSA) is 33.6 Å². The van der Waals surface area contributed by atoms with Gasteiger partial charge < -0.3 is 0 Å². The van der Waals surface area contributed by atoms with E-state index in [1.165, 1.54) is 5.56 Å². The molecule has 2 rings (SSSR count). The van der Waals surface area contributed by atoms with E-state index < -0.39 is 0 Å². The lowest BCUT2D eigenvalue weighted by Gasteiger charge is -2.22. The number of benzene rings is 1. The summed E-state index contributed by atoms with van der Waals surface area (Å²) in [6, 6.07) is 10.3. The smallest absolute Gasteiger partial charge is 0.215 e. The minimum absolute atomic E-state index is 0.157. The third kappa shape index (κ3) is 1.80. The molecule has 0 spiro atoms. The Balaban J connectivity index is 2.50. The van der Waals surface area contributed by atoms with Crippen molar-refractivity contribution < 1.29 is 0 Å². The molecule has 0 fully saturated rings. The van der Waals surface area contributed by atoms with Crippen molar-refractivity contribution >= 4 is 12.2 Å². The first kappa shape index (κ1) is 11.1. The molecule has 1 heterocycles. The largest absolute Gasteiger partial charge is 0.283 e. The van der Waals surface area contributed by atoms with Crippen molar-refractivity contribution in [2.45, 2.75) is 19.3 Å². The van der Waals surface area contributed by atoms with Gasteiger partial charge in [-0.25, -0.2) is 4.98 Å². The van der Waals surface area contributed by atoms with E-state index in [0.29, 0.717) is 4.77 Å². The van der Waals surface area contributed by atoms with Crippen molar-refractivity contribution in [3.05, 3.63) is 46.5 Å². The van der Waals surface area contributed by atoms with Crippen molar-refractivity contribution in [3.8, 4) is 0 Å². The monoisotopic (exact) mass is 233 g/mol. The van der Waals surface area contributed by atoms with E-state index in [4.69, 9.17) is 12.2 Å². The summed E-state index contributed by atoms with van der Waals surface area (Å²) >= 11 is 5.11. The summed E-state index contributed by atoms with van der Waals surface area (Å²) in [5.41, 5.74) is 1.06. The summed E-state index contributed by atoms with van der Waals surface area (Å²) in [6.07, 6.45) is 0. The van der Waals surface area contributed by atoms with Crippen molar-refractivity contribution in [1.82, 2.24) is 14.8 Å². The van der Waals surface area contributed by atoms with Crippen LogP contribution in [0.3, 0.4) is 0 Å². The highest BCUT2D eigenvalue weighted by Crippen LogP contribution is 2.28. The van der Waals surface area contributed by atoms with E-state index in [1.54, 1.807) is 4.68 Å². The van der Waals surface area contributed by atoms with Crippen LogP contribution < -0.4 is 0 Å². The average molecular weight is 233 g/mol. The molecular weight excluding hydrogens is 218 g/mol. The maximum Gasteiger partial charge on any atom is 0.215 e. The zero-order valence-corrected chi connectivity index (χ0v) is 10.5. The third-order valence-electron chi connectivity index (χ3n) is 2.86. The van der Waals surface area contributed by atoms with Crippen molar-refractivity contribution in [1.29, 1.82) is 0 Å². The van der Waals surface area contributed by atoms with Crippen LogP contribution in [0.25, 0.3) is 0 Å². The number of nitrogens with one attached hydrogen (secondary N) is 1. The Kier molecular flexibility index (Phi) is 2.68. The first-order valence-corrected chi connectivity index (χ1v) is 5.61. The number of hydrogen-bond acceptors (Lipinski definition) is 2. The fraction of sp³-hybridized carbons (Fsp3) is 0.333. The highest BCUT2D eigenvalue weighted by atomic mass is 32.1. The summed E-state index contributed by atoms with van der Waals surface area (Å²) in [7, 11) is 1.87. The van der Waals surface area contributed by atoms with E-state index in [2.05, 4.69) is 36.1 Å². The SMILES string of the molecule is Cn1[nH]c(C(C)(C)c2ccccc2)nc1=S. The lowest BCUT2D eigenvalue weighted by molar-refractivity contribution is 0.580. The lowest BCUT2D eigenvalue weighted by atomic mass is 9.84. The van der Waals surface area contributed by atoms with Crippen LogP contribution >= 0.6 is 12.2 Å². The molecule has 0 saturated heterocycles. The summed E-state index contributed by atoms with van der Waals surface area (Å²) in [6.45, 7) is 4.27. The maximum atomic E-state index is 5.11. The van der Waals surface area contributed by atoms with Crippen molar-refractivity contribution in [2.75, 3.05) is 0 Å². The van der Waals surface area contributed by atoms with Crippen LogP contribution in [0, 0.1) is 4.77 Å². The molecule has 1 aromatic carbocycles. The molecule has 0 bridgehead atoms. The molecule has 4 heteroatoms. The van der Waals surface area contributed by atoms with Gasteiger partial charge in [-0.05, 0) is 31.6 Å². The number of aromatic amines is 1. The van der Waals surface area contributed by atoms with E-state index in [1.807, 2.05) is 25.2 Å². The number of hydrogen-bond donors (Lipinski definition) is 1. The van der Waals surface area contributed by atoms with Gasteiger partial charge in [0.2, 0.25) is 4.77 Å². The van der Waals surface area contributed by atoms with Crippen LogP contribution in [0.5, 0.6) is 0 Å². The predicted molar refractivity (Wildman–Crippen MR) is 67.0 cm³/mol. The van der Waals surface area contributed by atoms with Gasteiger partial charge in [0, 0.05) is 12.5 Å². The molecule has 16 heavy (non-hydrogen) atoms. The quantitative estimate of drug-likeness (QED) is 0.809. The second kappa shape index (κ2) is 3.87. The van der Waals surface area contributed by atoms with Gasteiger partial charge in [0.1, 0.15) is 5.82 Å². The Morgan fingerprint density at radius 2 is 1.88 bits per heavy atom. The van der Waals surface area contributed by atoms with Gasteiger partial charge in [0.05, 0.1) is 0 Å². The average Bonchev–Trinajstić information content (AvgIpc) is 2.61. The Labute approximate surface area is 100 Å². The highest BCUT2D eigenvalue weighted by molar-refractivity contribution is 7.71. The Hall–Kier alpha value is -1.42. The predicted octanol–water partition coefficient (Wildman–Crippen LogP) is 2.80. The standard InChI is InChI=1S/C12H15N3S/c1-12(2,9-7-5-4-6-8-9)10-13-11(16)15(3)14-10/h4-8H,1-3H3,(H,13,14,16). The summed E-state index contributed by atoms with van der Waals surface area (Å²) in [5.74, 6) is 0.895. The molecular formula is C12H15N3S. The first-order chi connectivity index (χ1) is 7.51. The number of nitrogens with zero attached hydrogens (tertiary/aromatic N) is 2. The number of H-pyrrole nitrogens is 1. The van der Waals surface area contributed by atoms with Crippen LogP contribution in [0.1, 0.15) is 25.2 Å².